The summed E-state index contributed by atoms with van der Waals surface area (Å²) in [4.78, 5) is 36.0. The first-order valence-electron chi connectivity index (χ1n) is 12.6. The number of hydrogen-bond donors (Lipinski definition) is 2. The van der Waals surface area contributed by atoms with E-state index >= 15 is 0 Å². The lowest BCUT2D eigenvalue weighted by molar-refractivity contribution is -0.184. The van der Waals surface area contributed by atoms with Gasteiger partial charge < -0.3 is 19.7 Å². The number of rotatable bonds is 20. The topological polar surface area (TPSA) is 110 Å². The molecule has 0 aliphatic rings. The molecular formula is C26H46O7. The molecule has 0 radical (unpaired) electrons. The average molecular weight is 471 g/mol. The highest BCUT2D eigenvalue weighted by Gasteiger charge is 2.50. The van der Waals surface area contributed by atoms with E-state index in [0.29, 0.717) is 6.42 Å². The molecule has 0 saturated heterocycles. The predicted molar refractivity (Wildman–Crippen MR) is 129 cm³/mol. The Bertz CT molecular complexity index is 585. The van der Waals surface area contributed by atoms with Crippen LogP contribution in [-0.2, 0) is 23.9 Å². The zero-order valence-corrected chi connectivity index (χ0v) is 21.1. The summed E-state index contributed by atoms with van der Waals surface area (Å²) < 4.78 is 9.56. The number of aliphatic carboxylic acids is 1. The van der Waals surface area contributed by atoms with Crippen LogP contribution in [0.3, 0.4) is 0 Å². The van der Waals surface area contributed by atoms with Crippen LogP contribution in [0.15, 0.2) is 12.2 Å². The van der Waals surface area contributed by atoms with Crippen LogP contribution in [0.1, 0.15) is 111 Å². The fourth-order valence-corrected chi connectivity index (χ4v) is 3.70. The Morgan fingerprint density at radius 3 is 1.79 bits per heavy atom. The van der Waals surface area contributed by atoms with Gasteiger partial charge in [-0.15, -0.1) is 0 Å². The van der Waals surface area contributed by atoms with Crippen molar-refractivity contribution >= 4 is 17.9 Å². The zero-order valence-electron chi connectivity index (χ0n) is 21.1. The molecular weight excluding hydrogens is 424 g/mol. The molecule has 0 aromatic heterocycles. The minimum absolute atomic E-state index is 0.568. The van der Waals surface area contributed by atoms with Gasteiger partial charge in [0, 0.05) is 0 Å². The molecule has 7 heteroatoms. The van der Waals surface area contributed by atoms with E-state index in [1.54, 1.807) is 19.9 Å². The Morgan fingerprint density at radius 1 is 0.879 bits per heavy atom. The summed E-state index contributed by atoms with van der Waals surface area (Å²) in [5, 5.41) is 20.5. The molecule has 33 heavy (non-hydrogen) atoms. The smallest absolute Gasteiger partial charge is 0.340 e. The number of unbranched alkanes of at least 4 members (excludes halogenated alkanes) is 12. The quantitative estimate of drug-likeness (QED) is 0.136. The summed E-state index contributed by atoms with van der Waals surface area (Å²) in [5.74, 6) is -5.06. The molecule has 0 saturated carbocycles. The summed E-state index contributed by atoms with van der Waals surface area (Å²) in [7, 11) is 1.11. The summed E-state index contributed by atoms with van der Waals surface area (Å²) in [5.41, 5.74) is -2.53. The number of carboxylic acid groups (broad SMARTS) is 1. The Balaban J connectivity index is 4.48. The fourth-order valence-electron chi connectivity index (χ4n) is 3.70. The third-order valence-electron chi connectivity index (χ3n) is 5.67. The van der Waals surface area contributed by atoms with Crippen molar-refractivity contribution in [3.63, 3.8) is 0 Å². The molecule has 0 unspecified atom stereocenters. The molecule has 2 atom stereocenters. The van der Waals surface area contributed by atoms with Crippen LogP contribution >= 0.6 is 0 Å². The second-order valence-electron chi connectivity index (χ2n) is 9.05. The van der Waals surface area contributed by atoms with Crippen LogP contribution in [0.4, 0.5) is 0 Å². The van der Waals surface area contributed by atoms with Gasteiger partial charge in [0.15, 0.2) is 5.60 Å². The van der Waals surface area contributed by atoms with Crippen LogP contribution in [0.25, 0.3) is 0 Å². The van der Waals surface area contributed by atoms with E-state index in [-0.39, 0.29) is 0 Å². The summed E-state index contributed by atoms with van der Waals surface area (Å²) >= 11 is 0. The minimum atomic E-state index is -2.53. The van der Waals surface area contributed by atoms with Crippen molar-refractivity contribution in [1.82, 2.24) is 0 Å². The average Bonchev–Trinajstić information content (AvgIpc) is 2.75. The van der Waals surface area contributed by atoms with Gasteiger partial charge in [0.2, 0.25) is 0 Å². The Hall–Kier alpha value is -1.89. The van der Waals surface area contributed by atoms with Gasteiger partial charge >= 0.3 is 17.9 Å². The van der Waals surface area contributed by atoms with E-state index in [0.717, 1.165) is 26.4 Å². The van der Waals surface area contributed by atoms with Gasteiger partial charge in [-0.25, -0.2) is 4.79 Å². The van der Waals surface area contributed by atoms with Crippen molar-refractivity contribution < 1.29 is 34.1 Å². The molecule has 0 spiro atoms. The number of esters is 2. The molecule has 0 aliphatic heterocycles. The molecule has 192 valence electrons. The normalized spacial score (nSPS) is 14.2. The summed E-state index contributed by atoms with van der Waals surface area (Å²) in [6.07, 6.45) is 17.0. The summed E-state index contributed by atoms with van der Waals surface area (Å²) in [6.45, 7) is 5.39. The fraction of sp³-hybridized carbons (Fsp3) is 0.808. The van der Waals surface area contributed by atoms with Gasteiger partial charge in [-0.3, -0.25) is 9.59 Å². The van der Waals surface area contributed by atoms with Crippen LogP contribution in [0.5, 0.6) is 0 Å². The molecule has 0 aliphatic carbocycles. The SMILES string of the molecule is CCCCCCCCCCCCCC/C=C/[C@H](C(=O)O)[C@](O)(CC(=O)OC)C(=O)OC(C)C. The number of aliphatic hydroxyl groups is 1. The van der Waals surface area contributed by atoms with Gasteiger partial charge in [-0.1, -0.05) is 89.7 Å². The first kappa shape index (κ1) is 31.1. The molecule has 0 amide bonds. The number of carbonyl (C=O) groups is 3. The van der Waals surface area contributed by atoms with E-state index in [9.17, 15) is 24.6 Å². The highest BCUT2D eigenvalue weighted by atomic mass is 16.6. The van der Waals surface area contributed by atoms with E-state index < -0.39 is 42.0 Å². The Labute approximate surface area is 199 Å². The lowest BCUT2D eigenvalue weighted by Gasteiger charge is -2.29. The van der Waals surface area contributed by atoms with Crippen molar-refractivity contribution in [2.24, 2.45) is 5.92 Å². The standard InChI is InChI=1S/C26H46O7/c1-5-6-7-8-9-10-11-12-13-14-15-16-17-18-19-22(24(28)29)26(31,20-23(27)32-4)25(30)33-21(2)3/h18-19,21-22,31H,5-17,20H2,1-4H3,(H,28,29)/b19-18+/t22-,26-/m1/s1. The maximum Gasteiger partial charge on any atom is 0.340 e. The number of ether oxygens (including phenoxy) is 2. The number of allylic oxidation sites excluding steroid dienone is 1. The lowest BCUT2D eigenvalue weighted by atomic mass is 9.83. The third kappa shape index (κ3) is 14.1. The van der Waals surface area contributed by atoms with Crippen molar-refractivity contribution in [2.75, 3.05) is 7.11 Å². The van der Waals surface area contributed by atoms with Crippen molar-refractivity contribution in [3.8, 4) is 0 Å². The number of hydrogen-bond acceptors (Lipinski definition) is 6. The molecule has 7 nitrogen and oxygen atoms in total. The summed E-state index contributed by atoms with van der Waals surface area (Å²) in [6, 6.07) is 0. The van der Waals surface area contributed by atoms with E-state index in [1.165, 1.54) is 63.9 Å². The molecule has 0 heterocycles. The molecule has 0 bridgehead atoms. The van der Waals surface area contributed by atoms with Crippen molar-refractivity contribution in [2.45, 2.75) is 122 Å². The molecule has 0 aromatic rings. The van der Waals surface area contributed by atoms with Crippen LogP contribution in [0.2, 0.25) is 0 Å². The molecule has 2 N–H and O–H groups in total. The maximum absolute atomic E-state index is 12.4. The molecule has 0 aromatic carbocycles. The van der Waals surface area contributed by atoms with E-state index in [4.69, 9.17) is 4.74 Å². The molecule has 0 rings (SSSR count). The molecule has 0 fully saturated rings. The monoisotopic (exact) mass is 470 g/mol. The number of methoxy groups -OCH3 is 1. The second kappa shape index (κ2) is 18.5. The van der Waals surface area contributed by atoms with Crippen molar-refractivity contribution in [1.29, 1.82) is 0 Å². The Morgan fingerprint density at radius 2 is 1.36 bits per heavy atom. The van der Waals surface area contributed by atoms with Crippen LogP contribution < -0.4 is 0 Å². The largest absolute Gasteiger partial charge is 0.481 e. The lowest BCUT2D eigenvalue weighted by Crippen LogP contribution is -2.51. The van der Waals surface area contributed by atoms with Gasteiger partial charge in [0.25, 0.3) is 0 Å². The van der Waals surface area contributed by atoms with E-state index in [2.05, 4.69) is 11.7 Å². The first-order chi connectivity index (χ1) is 15.7. The highest BCUT2D eigenvalue weighted by molar-refractivity contribution is 5.92. The van der Waals surface area contributed by atoms with Gasteiger partial charge in [0.1, 0.15) is 5.92 Å². The zero-order chi connectivity index (χ0) is 25.1. The maximum atomic E-state index is 12.4. The highest BCUT2D eigenvalue weighted by Crippen LogP contribution is 2.27. The van der Waals surface area contributed by atoms with Gasteiger partial charge in [-0.05, 0) is 26.7 Å². The number of carbonyl (C=O) groups excluding carboxylic acids is 2. The minimum Gasteiger partial charge on any atom is -0.481 e. The van der Waals surface area contributed by atoms with Gasteiger partial charge in [0.05, 0.1) is 19.6 Å². The third-order valence-corrected chi connectivity index (χ3v) is 5.67. The Kier molecular flexibility index (Phi) is 17.5. The second-order valence-corrected chi connectivity index (χ2v) is 9.05. The van der Waals surface area contributed by atoms with E-state index in [1.807, 2.05) is 0 Å². The first-order valence-corrected chi connectivity index (χ1v) is 12.6. The van der Waals surface area contributed by atoms with Crippen molar-refractivity contribution in [3.05, 3.63) is 12.2 Å². The van der Waals surface area contributed by atoms with Gasteiger partial charge in [-0.2, -0.15) is 0 Å². The van der Waals surface area contributed by atoms with Crippen LogP contribution in [-0.4, -0.2) is 46.9 Å². The predicted octanol–water partition coefficient (Wildman–Crippen LogP) is 5.58. The number of carboxylic acids is 1. The van der Waals surface area contributed by atoms with Crippen LogP contribution in [0, 0.1) is 5.92 Å².